The Morgan fingerprint density at radius 2 is 1.83 bits per heavy atom. The maximum Gasteiger partial charge on any atom is 0.298 e. The highest BCUT2D eigenvalue weighted by atomic mass is 35.5. The number of hydrogen-bond acceptors (Lipinski definition) is 4. The van der Waals surface area contributed by atoms with E-state index in [-0.39, 0.29) is 11.1 Å². The summed E-state index contributed by atoms with van der Waals surface area (Å²) in [4.78, 5) is 26.6. The molecule has 0 saturated carbocycles. The largest absolute Gasteiger partial charge is 0.497 e. The van der Waals surface area contributed by atoms with Gasteiger partial charge in [0.25, 0.3) is 11.1 Å². The van der Waals surface area contributed by atoms with Crippen molar-refractivity contribution >= 4 is 45.8 Å². The molecule has 1 saturated heterocycles. The molecule has 1 aliphatic heterocycles. The van der Waals surface area contributed by atoms with Gasteiger partial charge in [0.05, 0.1) is 17.7 Å². The van der Waals surface area contributed by atoms with E-state index in [1.165, 1.54) is 4.90 Å². The lowest BCUT2D eigenvalue weighted by Gasteiger charge is -2.12. The number of carbonyl (C=O) groups is 2. The minimum Gasteiger partial charge on any atom is -0.497 e. The zero-order chi connectivity index (χ0) is 17.3. The van der Waals surface area contributed by atoms with Crippen LogP contribution < -0.4 is 9.64 Å². The maximum absolute atomic E-state index is 12.7. The van der Waals surface area contributed by atoms with Crippen molar-refractivity contribution in [1.82, 2.24) is 0 Å². The van der Waals surface area contributed by atoms with E-state index in [0.717, 1.165) is 22.9 Å². The Balaban J connectivity index is 1.99. The smallest absolute Gasteiger partial charge is 0.298 e. The van der Waals surface area contributed by atoms with Crippen LogP contribution in [0.5, 0.6) is 5.75 Å². The van der Waals surface area contributed by atoms with Crippen molar-refractivity contribution in [3.05, 3.63) is 64.0 Å². The molecule has 0 radical (unpaired) electrons. The van der Waals surface area contributed by atoms with Crippen LogP contribution in [0, 0.1) is 0 Å². The molecule has 24 heavy (non-hydrogen) atoms. The first-order valence-corrected chi connectivity index (χ1v) is 8.38. The second-order valence-corrected chi connectivity index (χ2v) is 6.57. The lowest BCUT2D eigenvalue weighted by Crippen LogP contribution is -2.27. The zero-order valence-corrected chi connectivity index (χ0v) is 14.6. The van der Waals surface area contributed by atoms with Crippen molar-refractivity contribution in [1.29, 1.82) is 0 Å². The van der Waals surface area contributed by atoms with Crippen molar-refractivity contribution in [2.24, 2.45) is 0 Å². The number of thioether (sulfide) groups is 1. The molecule has 122 valence electrons. The monoisotopic (exact) mass is 359 g/mol. The minimum atomic E-state index is -0.326. The first-order valence-electron chi connectivity index (χ1n) is 7.18. The summed E-state index contributed by atoms with van der Waals surface area (Å²) in [5, 5.41) is 0.230. The molecule has 0 aliphatic carbocycles. The molecule has 1 fully saturated rings. The van der Waals surface area contributed by atoms with Crippen molar-refractivity contribution < 1.29 is 14.3 Å². The Morgan fingerprint density at radius 1 is 1.12 bits per heavy atom. The molecule has 2 aromatic rings. The molecular formula is C18H14ClNO3S. The molecule has 6 heteroatoms. The second-order valence-electron chi connectivity index (χ2n) is 5.17. The summed E-state index contributed by atoms with van der Waals surface area (Å²) < 4.78 is 5.21. The number of nitrogens with zero attached hydrogens (tertiary/aromatic N) is 1. The van der Waals surface area contributed by atoms with Gasteiger partial charge in [-0.1, -0.05) is 23.7 Å². The van der Waals surface area contributed by atoms with E-state index in [4.69, 9.17) is 16.3 Å². The van der Waals surface area contributed by atoms with E-state index in [2.05, 4.69) is 0 Å². The highest BCUT2D eigenvalue weighted by molar-refractivity contribution is 8.19. The standard InChI is InChI=1S/C18H14ClNO3S/c1-11(12-4-3-5-15(10-12)23-2)16-17(21)20(18(22)24-16)14-8-6-13(19)7-9-14/h3-10H,1-2H3/b16-11-. The number of ether oxygens (including phenoxy) is 1. The van der Waals surface area contributed by atoms with Gasteiger partial charge < -0.3 is 4.74 Å². The summed E-state index contributed by atoms with van der Waals surface area (Å²) >= 11 is 6.80. The number of amides is 2. The fourth-order valence-corrected chi connectivity index (χ4v) is 3.43. The minimum absolute atomic E-state index is 0.320. The predicted octanol–water partition coefficient (Wildman–Crippen LogP) is 4.98. The van der Waals surface area contributed by atoms with Crippen LogP contribution in [0.2, 0.25) is 5.02 Å². The van der Waals surface area contributed by atoms with Crippen molar-refractivity contribution in [2.75, 3.05) is 12.0 Å². The average molecular weight is 360 g/mol. The topological polar surface area (TPSA) is 46.6 Å². The Bertz CT molecular complexity index is 846. The third kappa shape index (κ3) is 3.05. The number of rotatable bonds is 3. The van der Waals surface area contributed by atoms with Crippen LogP contribution in [0.15, 0.2) is 53.4 Å². The highest BCUT2D eigenvalue weighted by Gasteiger charge is 2.37. The predicted molar refractivity (Wildman–Crippen MR) is 97.5 cm³/mol. The number of allylic oxidation sites excluding steroid dienone is 1. The van der Waals surface area contributed by atoms with Gasteiger partial charge in [-0.25, -0.2) is 4.90 Å². The number of imide groups is 1. The molecule has 4 nitrogen and oxygen atoms in total. The number of hydrogen-bond donors (Lipinski definition) is 0. The Kier molecular flexibility index (Phi) is 4.64. The van der Waals surface area contributed by atoms with Crippen molar-refractivity contribution in [3.8, 4) is 5.75 Å². The van der Waals surface area contributed by atoms with E-state index in [1.54, 1.807) is 31.4 Å². The fraction of sp³-hybridized carbons (Fsp3) is 0.111. The van der Waals surface area contributed by atoms with Gasteiger partial charge >= 0.3 is 0 Å². The van der Waals surface area contributed by atoms with Crippen LogP contribution >= 0.6 is 23.4 Å². The van der Waals surface area contributed by atoms with E-state index < -0.39 is 0 Å². The number of anilines is 1. The normalized spacial score (nSPS) is 16.5. The van der Waals surface area contributed by atoms with Gasteiger partial charge in [0.1, 0.15) is 5.75 Å². The molecule has 0 atom stereocenters. The van der Waals surface area contributed by atoms with Gasteiger partial charge in [-0.2, -0.15) is 0 Å². The van der Waals surface area contributed by atoms with Gasteiger partial charge in [-0.3, -0.25) is 9.59 Å². The average Bonchev–Trinajstić information content (AvgIpc) is 2.90. The number of benzene rings is 2. The molecule has 1 aliphatic rings. The van der Waals surface area contributed by atoms with Gasteiger partial charge in [-0.05, 0) is 66.2 Å². The molecule has 0 N–H and O–H groups in total. The highest BCUT2D eigenvalue weighted by Crippen LogP contribution is 2.39. The molecule has 0 unspecified atom stereocenters. The number of methoxy groups -OCH3 is 1. The van der Waals surface area contributed by atoms with Gasteiger partial charge in [0, 0.05) is 5.02 Å². The number of carbonyl (C=O) groups excluding carboxylic acids is 2. The molecule has 2 aromatic carbocycles. The summed E-state index contributed by atoms with van der Waals surface area (Å²) in [6.07, 6.45) is 0. The van der Waals surface area contributed by atoms with E-state index in [1.807, 2.05) is 31.2 Å². The van der Waals surface area contributed by atoms with Crippen LogP contribution in [-0.2, 0) is 4.79 Å². The summed E-state index contributed by atoms with van der Waals surface area (Å²) in [6, 6.07) is 14.0. The Morgan fingerprint density at radius 3 is 2.50 bits per heavy atom. The van der Waals surface area contributed by atoms with Crippen LogP contribution in [0.1, 0.15) is 12.5 Å². The quantitative estimate of drug-likeness (QED) is 0.725. The first kappa shape index (κ1) is 16.6. The van der Waals surface area contributed by atoms with Crippen molar-refractivity contribution in [3.63, 3.8) is 0 Å². The van der Waals surface area contributed by atoms with E-state index in [9.17, 15) is 9.59 Å². The molecule has 0 spiro atoms. The summed E-state index contributed by atoms with van der Waals surface area (Å²) in [5.41, 5.74) is 2.10. The molecule has 2 amide bonds. The van der Waals surface area contributed by atoms with Crippen LogP contribution in [-0.4, -0.2) is 18.3 Å². The van der Waals surface area contributed by atoms with Gasteiger partial charge in [-0.15, -0.1) is 0 Å². The van der Waals surface area contributed by atoms with E-state index in [0.29, 0.717) is 21.4 Å². The Hall–Kier alpha value is -2.24. The Labute approximate surface area is 149 Å². The van der Waals surface area contributed by atoms with Crippen LogP contribution in [0.25, 0.3) is 5.57 Å². The van der Waals surface area contributed by atoms with Crippen LogP contribution in [0.3, 0.4) is 0 Å². The fourth-order valence-electron chi connectivity index (χ4n) is 2.40. The van der Waals surface area contributed by atoms with Crippen LogP contribution in [0.4, 0.5) is 10.5 Å². The summed E-state index contributed by atoms with van der Waals surface area (Å²) in [6.45, 7) is 1.83. The van der Waals surface area contributed by atoms with Gasteiger partial charge in [0.15, 0.2) is 0 Å². The first-order chi connectivity index (χ1) is 11.5. The lowest BCUT2D eigenvalue weighted by atomic mass is 10.1. The SMILES string of the molecule is COc1cccc(/C(C)=C2\SC(=O)N(c3ccc(Cl)cc3)C2=O)c1. The molecule has 3 rings (SSSR count). The summed E-state index contributed by atoms with van der Waals surface area (Å²) in [5.74, 6) is 0.372. The zero-order valence-electron chi connectivity index (χ0n) is 13.1. The lowest BCUT2D eigenvalue weighted by molar-refractivity contribution is -0.113. The van der Waals surface area contributed by atoms with E-state index >= 15 is 0 Å². The molecule has 0 bridgehead atoms. The summed E-state index contributed by atoms with van der Waals surface area (Å²) in [7, 11) is 1.59. The van der Waals surface area contributed by atoms with Gasteiger partial charge in [0.2, 0.25) is 0 Å². The molecular weight excluding hydrogens is 346 g/mol. The number of halogens is 1. The maximum atomic E-state index is 12.7. The third-order valence-electron chi connectivity index (χ3n) is 3.70. The second kappa shape index (κ2) is 6.71. The molecule has 1 heterocycles. The van der Waals surface area contributed by atoms with Crippen molar-refractivity contribution in [2.45, 2.75) is 6.92 Å². The molecule has 0 aromatic heterocycles. The third-order valence-corrected chi connectivity index (χ3v) is 4.99.